The molecule has 0 saturated carbocycles. The Kier molecular flexibility index (Phi) is 10.9. The van der Waals surface area contributed by atoms with E-state index >= 15 is 0 Å². The lowest BCUT2D eigenvalue weighted by Gasteiger charge is -2.21. The maximum atomic E-state index is 6.51. The summed E-state index contributed by atoms with van der Waals surface area (Å²) in [6, 6.07) is 37.2. The van der Waals surface area contributed by atoms with Crippen LogP contribution in [0.15, 0.2) is 181 Å². The molecular weight excluding hydrogens is 593 g/mol. The second-order valence-corrected chi connectivity index (χ2v) is 12.9. The highest BCUT2D eigenvalue weighted by Gasteiger charge is 2.19. The molecule has 0 saturated heterocycles. The molecule has 4 aromatic carbocycles. The number of hydrogen-bond acceptors (Lipinski definition) is 2. The molecule has 2 aliphatic carbocycles. The number of benzene rings is 4. The molecule has 0 amide bonds. The fraction of sp³-hybridized carbons (Fsp3) is 0.149. The van der Waals surface area contributed by atoms with Gasteiger partial charge in [-0.15, -0.1) is 0 Å². The molecule has 6 rings (SSSR count). The first-order chi connectivity index (χ1) is 24.0. The van der Waals surface area contributed by atoms with E-state index in [1.807, 2.05) is 30.4 Å². The Balaban J connectivity index is 1.32. The average molecular weight is 639 g/mol. The third-order valence-corrected chi connectivity index (χ3v) is 9.41. The van der Waals surface area contributed by atoms with Gasteiger partial charge in [-0.1, -0.05) is 152 Å². The number of rotatable bonds is 9. The first kappa shape index (κ1) is 33.3. The number of nitrogens with two attached hydrogens (primary N) is 1. The zero-order valence-corrected chi connectivity index (χ0v) is 28.7. The van der Waals surface area contributed by atoms with Gasteiger partial charge in [0.2, 0.25) is 0 Å². The molecule has 2 aliphatic rings. The monoisotopic (exact) mass is 638 g/mol. The van der Waals surface area contributed by atoms with Crippen molar-refractivity contribution in [2.45, 2.75) is 45.4 Å². The molecule has 49 heavy (non-hydrogen) atoms. The van der Waals surface area contributed by atoms with Crippen LogP contribution in [0.1, 0.15) is 71.9 Å². The van der Waals surface area contributed by atoms with Crippen LogP contribution in [0.5, 0.6) is 0 Å². The van der Waals surface area contributed by atoms with Crippen LogP contribution in [-0.2, 0) is 0 Å². The largest absolute Gasteiger partial charge is 0.400 e. The van der Waals surface area contributed by atoms with E-state index in [0.29, 0.717) is 0 Å². The molecule has 3 N–H and O–H groups in total. The van der Waals surface area contributed by atoms with E-state index in [1.54, 1.807) is 6.08 Å². The zero-order chi connectivity index (χ0) is 34.0. The van der Waals surface area contributed by atoms with Crippen molar-refractivity contribution in [1.82, 2.24) is 0 Å². The lowest BCUT2D eigenvalue weighted by atomic mass is 9.83. The van der Waals surface area contributed by atoms with Crippen LogP contribution in [0.3, 0.4) is 0 Å². The van der Waals surface area contributed by atoms with Gasteiger partial charge in [-0.3, -0.25) is 0 Å². The van der Waals surface area contributed by atoms with Crippen molar-refractivity contribution < 1.29 is 0 Å². The average Bonchev–Trinajstić information content (AvgIpc) is 3.31. The van der Waals surface area contributed by atoms with Gasteiger partial charge in [0.05, 0.1) is 0 Å². The predicted octanol–water partition coefficient (Wildman–Crippen LogP) is 12.1. The van der Waals surface area contributed by atoms with Crippen molar-refractivity contribution >= 4 is 22.9 Å². The maximum absolute atomic E-state index is 6.51. The van der Waals surface area contributed by atoms with Crippen LogP contribution in [0.4, 0.5) is 5.69 Å². The molecule has 0 heterocycles. The molecule has 0 fully saturated rings. The van der Waals surface area contributed by atoms with Gasteiger partial charge in [0.1, 0.15) is 0 Å². The highest BCUT2D eigenvalue weighted by Crippen LogP contribution is 2.38. The number of hydrogen-bond donors (Lipinski definition) is 2. The van der Waals surface area contributed by atoms with Crippen LogP contribution in [-0.4, -0.2) is 0 Å². The highest BCUT2D eigenvalue weighted by molar-refractivity contribution is 5.89. The quantitative estimate of drug-likeness (QED) is 0.141. The molecule has 2 nitrogen and oxygen atoms in total. The zero-order valence-electron chi connectivity index (χ0n) is 28.7. The number of anilines is 1. The van der Waals surface area contributed by atoms with Crippen molar-refractivity contribution in [3.8, 4) is 0 Å². The van der Waals surface area contributed by atoms with E-state index in [4.69, 9.17) is 5.73 Å². The summed E-state index contributed by atoms with van der Waals surface area (Å²) in [7, 11) is 0. The lowest BCUT2D eigenvalue weighted by Crippen LogP contribution is -2.11. The van der Waals surface area contributed by atoms with Crippen molar-refractivity contribution in [2.24, 2.45) is 5.73 Å². The molecule has 0 aromatic heterocycles. The van der Waals surface area contributed by atoms with E-state index in [1.165, 1.54) is 55.7 Å². The first-order valence-corrected chi connectivity index (χ1v) is 17.3. The normalized spacial score (nSPS) is 18.5. The SMILES string of the molecule is C=C/C=C\C=C(/C)c1ccc(/C(=C2\C=CCC\C2=C/c2ccc(C3C=CCC(N)=C(Nc4ccccc4)C3)cc2)c2ccccc2C)cc1. The van der Waals surface area contributed by atoms with Crippen LogP contribution in [0.25, 0.3) is 17.2 Å². The highest BCUT2D eigenvalue weighted by atomic mass is 14.9. The molecule has 1 unspecified atom stereocenters. The summed E-state index contributed by atoms with van der Waals surface area (Å²) >= 11 is 0. The Morgan fingerprint density at radius 1 is 0.837 bits per heavy atom. The minimum Gasteiger partial charge on any atom is -0.400 e. The number of nitrogens with one attached hydrogen (secondary N) is 1. The maximum Gasteiger partial charge on any atom is 0.0382 e. The molecular formula is C47H46N2. The summed E-state index contributed by atoms with van der Waals surface area (Å²) < 4.78 is 0. The smallest absolute Gasteiger partial charge is 0.0382 e. The van der Waals surface area contributed by atoms with Gasteiger partial charge in [-0.25, -0.2) is 0 Å². The van der Waals surface area contributed by atoms with Gasteiger partial charge in [0, 0.05) is 29.4 Å². The van der Waals surface area contributed by atoms with E-state index in [9.17, 15) is 0 Å². The molecule has 0 radical (unpaired) electrons. The summed E-state index contributed by atoms with van der Waals surface area (Å²) in [5.74, 6) is 0.258. The number of allylic oxidation sites excluding steroid dienone is 12. The van der Waals surface area contributed by atoms with Crippen LogP contribution >= 0.6 is 0 Å². The molecule has 2 heteroatoms. The predicted molar refractivity (Wildman–Crippen MR) is 212 cm³/mol. The Morgan fingerprint density at radius 3 is 2.33 bits per heavy atom. The van der Waals surface area contributed by atoms with E-state index in [-0.39, 0.29) is 5.92 Å². The van der Waals surface area contributed by atoms with Crippen LogP contribution in [0.2, 0.25) is 0 Å². The fourth-order valence-corrected chi connectivity index (χ4v) is 6.66. The van der Waals surface area contributed by atoms with Gasteiger partial charge in [0.25, 0.3) is 0 Å². The van der Waals surface area contributed by atoms with Gasteiger partial charge in [-0.2, -0.15) is 0 Å². The standard InChI is InChI=1S/C47H46N2/c1-4-5-7-15-34(2)37-28-30-39(31-29-37)47(43-21-12-10-16-35(43)3)44-22-13-11-17-41(44)32-36-24-26-38(27-25-36)40-18-14-23-45(48)46(33-40)49-42-19-8-6-9-20-42/h4-10,12-16,18-22,24-32,40,49H,1,11,17,23,33,48H2,2-3H3/b7-5-,34-15+,41-32+,47-44-. The van der Waals surface area contributed by atoms with Gasteiger partial charge in [-0.05, 0) is 101 Å². The van der Waals surface area contributed by atoms with Crippen molar-refractivity contribution in [3.05, 3.63) is 214 Å². The number of aryl methyl sites for hydroxylation is 1. The Labute approximate surface area is 292 Å². The molecule has 244 valence electrons. The van der Waals surface area contributed by atoms with E-state index in [0.717, 1.165) is 42.8 Å². The third kappa shape index (κ3) is 8.28. The minimum atomic E-state index is 0.258. The summed E-state index contributed by atoms with van der Waals surface area (Å²) in [6.07, 6.45) is 23.1. The Bertz CT molecular complexity index is 1990. The molecule has 0 bridgehead atoms. The van der Waals surface area contributed by atoms with E-state index < -0.39 is 0 Å². The lowest BCUT2D eigenvalue weighted by molar-refractivity contribution is 0.825. The second-order valence-electron chi connectivity index (χ2n) is 12.9. The fourth-order valence-electron chi connectivity index (χ4n) is 6.66. The van der Waals surface area contributed by atoms with Gasteiger partial charge >= 0.3 is 0 Å². The van der Waals surface area contributed by atoms with Crippen LogP contribution < -0.4 is 11.1 Å². The van der Waals surface area contributed by atoms with Crippen LogP contribution in [0, 0.1) is 6.92 Å². The number of para-hydroxylation sites is 1. The Morgan fingerprint density at radius 2 is 1.57 bits per heavy atom. The minimum absolute atomic E-state index is 0.258. The summed E-state index contributed by atoms with van der Waals surface area (Å²) in [5.41, 5.74) is 22.2. The van der Waals surface area contributed by atoms with Crippen molar-refractivity contribution in [2.75, 3.05) is 5.32 Å². The molecule has 0 aliphatic heterocycles. The van der Waals surface area contributed by atoms with E-state index in [2.05, 4.69) is 147 Å². The first-order valence-electron chi connectivity index (χ1n) is 17.3. The summed E-state index contributed by atoms with van der Waals surface area (Å²) in [5, 5.41) is 3.59. The molecule has 4 aromatic rings. The summed E-state index contributed by atoms with van der Waals surface area (Å²) in [4.78, 5) is 0. The second kappa shape index (κ2) is 16.0. The third-order valence-electron chi connectivity index (χ3n) is 9.41. The Hall–Kier alpha value is -5.60. The molecule has 0 spiro atoms. The van der Waals surface area contributed by atoms with Crippen molar-refractivity contribution in [3.63, 3.8) is 0 Å². The summed E-state index contributed by atoms with van der Waals surface area (Å²) in [6.45, 7) is 8.14. The molecule has 1 atom stereocenters. The topological polar surface area (TPSA) is 38.0 Å². The van der Waals surface area contributed by atoms with Crippen molar-refractivity contribution in [1.29, 1.82) is 0 Å². The van der Waals surface area contributed by atoms with Gasteiger partial charge < -0.3 is 11.1 Å². The van der Waals surface area contributed by atoms with Gasteiger partial charge in [0.15, 0.2) is 0 Å².